The predicted octanol–water partition coefficient (Wildman–Crippen LogP) is 5.56. The summed E-state index contributed by atoms with van der Waals surface area (Å²) in [7, 11) is 0. The third-order valence-corrected chi connectivity index (χ3v) is 4.27. The van der Waals surface area contributed by atoms with Crippen LogP contribution in [0.5, 0.6) is 0 Å². The molecule has 0 radical (unpaired) electrons. The first-order valence-electron chi connectivity index (χ1n) is 6.38. The fourth-order valence-corrected chi connectivity index (χ4v) is 3.08. The van der Waals surface area contributed by atoms with Gasteiger partial charge < -0.3 is 0 Å². The molecule has 2 aromatic heterocycles. The molecule has 0 fully saturated rings. The molecule has 0 bridgehead atoms. The highest BCUT2D eigenvalue weighted by atomic mass is 35.5. The van der Waals surface area contributed by atoms with Crippen molar-refractivity contribution in [2.45, 2.75) is 12.6 Å². The second kappa shape index (κ2) is 5.78. The molecular weight excluding hydrogens is 333 g/mol. The van der Waals surface area contributed by atoms with Gasteiger partial charge in [0.25, 0.3) is 0 Å². The number of nitrogens with zero attached hydrogens (tertiary/aromatic N) is 1. The van der Waals surface area contributed by atoms with Crippen LogP contribution in [0.15, 0.2) is 41.8 Å². The molecule has 0 spiro atoms. The van der Waals surface area contributed by atoms with Gasteiger partial charge in [-0.3, -0.25) is 5.10 Å². The summed E-state index contributed by atoms with van der Waals surface area (Å²) in [5.41, 5.74) is 1.47. The first-order valence-corrected chi connectivity index (χ1v) is 7.63. The standard InChI is InChI=1S/C15H10ClF3N2S/c16-10-5-3-9(4-6-10)13-11(8-15(17,18)19)14(21-20-13)12-2-1-7-22-12/h1-7H,8H2,(H,20,21). The van der Waals surface area contributed by atoms with Gasteiger partial charge in [-0.2, -0.15) is 18.3 Å². The van der Waals surface area contributed by atoms with Gasteiger partial charge in [-0.25, -0.2) is 0 Å². The number of hydrogen-bond acceptors (Lipinski definition) is 2. The summed E-state index contributed by atoms with van der Waals surface area (Å²) >= 11 is 7.19. The Morgan fingerprint density at radius 3 is 2.45 bits per heavy atom. The van der Waals surface area contributed by atoms with Gasteiger partial charge >= 0.3 is 6.18 Å². The van der Waals surface area contributed by atoms with E-state index in [9.17, 15) is 13.2 Å². The smallest absolute Gasteiger partial charge is 0.276 e. The van der Waals surface area contributed by atoms with Crippen molar-refractivity contribution in [1.82, 2.24) is 10.2 Å². The van der Waals surface area contributed by atoms with Crippen molar-refractivity contribution in [3.63, 3.8) is 0 Å². The van der Waals surface area contributed by atoms with Crippen molar-refractivity contribution >= 4 is 22.9 Å². The number of hydrogen-bond donors (Lipinski definition) is 1. The number of rotatable bonds is 3. The van der Waals surface area contributed by atoms with Gasteiger partial charge in [0.1, 0.15) is 0 Å². The number of halogens is 4. The summed E-state index contributed by atoms with van der Waals surface area (Å²) < 4.78 is 38.8. The van der Waals surface area contributed by atoms with Gasteiger partial charge in [0.2, 0.25) is 0 Å². The van der Waals surface area contributed by atoms with Gasteiger partial charge in [-0.05, 0) is 23.6 Å². The Hall–Kier alpha value is -1.79. The summed E-state index contributed by atoms with van der Waals surface area (Å²) in [6.07, 6.45) is -5.34. The molecule has 3 aromatic rings. The van der Waals surface area contributed by atoms with Crippen LogP contribution in [-0.2, 0) is 6.42 Å². The second-order valence-corrected chi connectivity index (χ2v) is 6.09. The maximum absolute atomic E-state index is 12.9. The van der Waals surface area contributed by atoms with E-state index in [4.69, 9.17) is 11.6 Å². The maximum Gasteiger partial charge on any atom is 0.393 e. The number of aromatic nitrogens is 2. The van der Waals surface area contributed by atoms with Gasteiger partial charge in [0.15, 0.2) is 0 Å². The summed E-state index contributed by atoms with van der Waals surface area (Å²) in [5.74, 6) is 0. The zero-order valence-electron chi connectivity index (χ0n) is 11.1. The lowest BCUT2D eigenvalue weighted by molar-refractivity contribution is -0.127. The Kier molecular flexibility index (Phi) is 3.97. The molecule has 0 aliphatic carbocycles. The van der Waals surface area contributed by atoms with Crippen molar-refractivity contribution in [2.75, 3.05) is 0 Å². The highest BCUT2D eigenvalue weighted by molar-refractivity contribution is 7.13. The SMILES string of the molecule is FC(F)(F)Cc1c(-c2ccc(Cl)cc2)n[nH]c1-c1cccs1. The first kappa shape index (κ1) is 15.1. The van der Waals surface area contributed by atoms with Crippen molar-refractivity contribution in [1.29, 1.82) is 0 Å². The average molecular weight is 343 g/mol. The Bertz CT molecular complexity index is 761. The molecule has 0 amide bonds. The Morgan fingerprint density at radius 2 is 1.86 bits per heavy atom. The lowest BCUT2D eigenvalue weighted by Gasteiger charge is -2.09. The number of alkyl halides is 3. The molecule has 0 saturated heterocycles. The van der Waals surface area contributed by atoms with E-state index >= 15 is 0 Å². The molecule has 0 aliphatic rings. The molecule has 7 heteroatoms. The quantitative estimate of drug-likeness (QED) is 0.663. The number of H-pyrrole nitrogens is 1. The summed E-state index contributed by atoms with van der Waals surface area (Å²) in [5, 5.41) is 9.17. The van der Waals surface area contributed by atoms with Gasteiger partial charge in [-0.1, -0.05) is 29.8 Å². The zero-order valence-corrected chi connectivity index (χ0v) is 12.7. The molecule has 22 heavy (non-hydrogen) atoms. The van der Waals surface area contributed by atoms with Crippen LogP contribution in [0, 0.1) is 0 Å². The number of nitrogens with one attached hydrogen (secondary N) is 1. The van der Waals surface area contributed by atoms with Crippen molar-refractivity contribution in [3.8, 4) is 21.8 Å². The number of aromatic amines is 1. The molecule has 1 N–H and O–H groups in total. The van der Waals surface area contributed by atoms with Crippen LogP contribution in [0.1, 0.15) is 5.56 Å². The second-order valence-electron chi connectivity index (χ2n) is 4.70. The van der Waals surface area contributed by atoms with E-state index in [0.717, 1.165) is 4.88 Å². The molecule has 1 aromatic carbocycles. The fraction of sp³-hybridized carbons (Fsp3) is 0.133. The van der Waals surface area contributed by atoms with Gasteiger partial charge in [0, 0.05) is 16.1 Å². The van der Waals surface area contributed by atoms with Crippen LogP contribution < -0.4 is 0 Å². The van der Waals surface area contributed by atoms with Crippen LogP contribution >= 0.6 is 22.9 Å². The minimum Gasteiger partial charge on any atom is -0.276 e. The lowest BCUT2D eigenvalue weighted by Crippen LogP contribution is -2.12. The van der Waals surface area contributed by atoms with Gasteiger partial charge in [-0.15, -0.1) is 11.3 Å². The van der Waals surface area contributed by atoms with E-state index < -0.39 is 12.6 Å². The largest absolute Gasteiger partial charge is 0.393 e. The minimum absolute atomic E-state index is 0.150. The van der Waals surface area contributed by atoms with E-state index in [2.05, 4.69) is 10.2 Å². The molecule has 0 aliphatic heterocycles. The van der Waals surface area contributed by atoms with Gasteiger partial charge in [0.05, 0.1) is 22.7 Å². The Balaban J connectivity index is 2.12. The normalized spacial score (nSPS) is 11.8. The fourth-order valence-electron chi connectivity index (χ4n) is 2.21. The van der Waals surface area contributed by atoms with Crippen molar-refractivity contribution in [3.05, 3.63) is 52.4 Å². The van der Waals surface area contributed by atoms with E-state index in [-0.39, 0.29) is 5.56 Å². The monoisotopic (exact) mass is 342 g/mol. The van der Waals surface area contributed by atoms with E-state index in [1.54, 1.807) is 36.4 Å². The van der Waals surface area contributed by atoms with E-state index in [1.807, 2.05) is 5.38 Å². The summed E-state index contributed by atoms with van der Waals surface area (Å²) in [6.45, 7) is 0. The topological polar surface area (TPSA) is 28.7 Å². The minimum atomic E-state index is -4.31. The molecule has 2 heterocycles. The third-order valence-electron chi connectivity index (χ3n) is 3.13. The van der Waals surface area contributed by atoms with Crippen LogP contribution in [0.25, 0.3) is 21.8 Å². The predicted molar refractivity (Wildman–Crippen MR) is 82.1 cm³/mol. The Morgan fingerprint density at radius 1 is 1.14 bits per heavy atom. The number of thiophene rings is 1. The third kappa shape index (κ3) is 3.18. The molecule has 0 unspecified atom stereocenters. The van der Waals surface area contributed by atoms with E-state index in [0.29, 0.717) is 22.0 Å². The number of benzene rings is 1. The van der Waals surface area contributed by atoms with Crippen LogP contribution in [0.3, 0.4) is 0 Å². The molecule has 3 rings (SSSR count). The zero-order chi connectivity index (χ0) is 15.7. The van der Waals surface area contributed by atoms with Crippen molar-refractivity contribution < 1.29 is 13.2 Å². The first-order chi connectivity index (χ1) is 10.4. The average Bonchev–Trinajstić information content (AvgIpc) is 3.07. The molecule has 114 valence electrons. The molecule has 0 atom stereocenters. The highest BCUT2D eigenvalue weighted by Gasteiger charge is 2.32. The van der Waals surface area contributed by atoms with E-state index in [1.165, 1.54) is 11.3 Å². The van der Waals surface area contributed by atoms with Crippen LogP contribution in [0.4, 0.5) is 13.2 Å². The summed E-state index contributed by atoms with van der Waals surface area (Å²) in [6, 6.07) is 10.2. The Labute approximate surface area is 133 Å². The summed E-state index contributed by atoms with van der Waals surface area (Å²) in [4.78, 5) is 0.729. The van der Waals surface area contributed by atoms with Crippen molar-refractivity contribution in [2.24, 2.45) is 0 Å². The molecule has 0 saturated carbocycles. The lowest BCUT2D eigenvalue weighted by atomic mass is 10.0. The van der Waals surface area contributed by atoms with Crippen LogP contribution in [0.2, 0.25) is 5.02 Å². The van der Waals surface area contributed by atoms with Crippen LogP contribution in [-0.4, -0.2) is 16.4 Å². The maximum atomic E-state index is 12.9. The highest BCUT2D eigenvalue weighted by Crippen LogP contribution is 2.36. The molecule has 2 nitrogen and oxygen atoms in total. The molecular formula is C15H10ClF3N2S.